The number of imidazole rings is 1. The van der Waals surface area contributed by atoms with Crippen molar-refractivity contribution in [1.82, 2.24) is 14.5 Å². The molecule has 0 unspecified atom stereocenters. The van der Waals surface area contributed by atoms with Crippen molar-refractivity contribution in [3.8, 4) is 0 Å². The molecule has 0 aliphatic carbocycles. The molecule has 114 valence electrons. The first-order valence-corrected chi connectivity index (χ1v) is 7.00. The first-order valence-electron chi connectivity index (χ1n) is 6.01. The topological polar surface area (TPSA) is 68.0 Å². The standard InChI is InChI=1S/C12H12F3N3O2S/c1-7-2-3-8-10(16-7)18(5-4-12(13,14)15)11(17-8)21-6-9(19)20/h2-3H,4-6H2,1H3,(H,19,20). The van der Waals surface area contributed by atoms with Gasteiger partial charge < -0.3 is 9.67 Å². The fraction of sp³-hybridized carbons (Fsp3) is 0.417. The molecule has 9 heteroatoms. The van der Waals surface area contributed by atoms with Gasteiger partial charge in [0.15, 0.2) is 10.8 Å². The minimum absolute atomic E-state index is 0.231. The van der Waals surface area contributed by atoms with Crippen LogP contribution in [0.2, 0.25) is 0 Å². The van der Waals surface area contributed by atoms with Crippen LogP contribution in [-0.4, -0.2) is 37.5 Å². The first kappa shape index (κ1) is 15.6. The van der Waals surface area contributed by atoms with Crippen molar-refractivity contribution in [3.63, 3.8) is 0 Å². The van der Waals surface area contributed by atoms with Gasteiger partial charge in [-0.2, -0.15) is 13.2 Å². The lowest BCUT2D eigenvalue weighted by Gasteiger charge is -2.10. The molecule has 0 aromatic carbocycles. The van der Waals surface area contributed by atoms with Crippen molar-refractivity contribution in [2.75, 3.05) is 5.75 Å². The zero-order chi connectivity index (χ0) is 15.6. The molecule has 5 nitrogen and oxygen atoms in total. The van der Waals surface area contributed by atoms with Crippen LogP contribution in [-0.2, 0) is 11.3 Å². The van der Waals surface area contributed by atoms with Crippen LogP contribution >= 0.6 is 11.8 Å². The van der Waals surface area contributed by atoms with Crippen molar-refractivity contribution in [2.45, 2.75) is 31.2 Å². The van der Waals surface area contributed by atoms with E-state index in [1.807, 2.05) is 0 Å². The average Bonchev–Trinajstić information content (AvgIpc) is 2.70. The predicted octanol–water partition coefficient (Wildman–Crippen LogP) is 2.87. The van der Waals surface area contributed by atoms with Crippen LogP contribution in [0, 0.1) is 6.92 Å². The highest BCUT2D eigenvalue weighted by Crippen LogP contribution is 2.27. The molecule has 0 aliphatic heterocycles. The number of thioether (sulfide) groups is 1. The lowest BCUT2D eigenvalue weighted by molar-refractivity contribution is -0.137. The van der Waals surface area contributed by atoms with Crippen molar-refractivity contribution in [2.24, 2.45) is 0 Å². The van der Waals surface area contributed by atoms with Crippen molar-refractivity contribution >= 4 is 28.9 Å². The summed E-state index contributed by atoms with van der Waals surface area (Å²) in [5.74, 6) is -1.33. The summed E-state index contributed by atoms with van der Waals surface area (Å²) >= 11 is 0.882. The maximum absolute atomic E-state index is 12.4. The number of halogens is 3. The molecule has 0 amide bonds. The molecule has 0 spiro atoms. The summed E-state index contributed by atoms with van der Waals surface area (Å²) in [5.41, 5.74) is 1.45. The van der Waals surface area contributed by atoms with E-state index in [1.165, 1.54) is 4.57 Å². The second kappa shape index (κ2) is 5.92. The second-order valence-corrected chi connectivity index (χ2v) is 5.33. The summed E-state index contributed by atoms with van der Waals surface area (Å²) in [7, 11) is 0. The van der Waals surface area contributed by atoms with Crippen LogP contribution < -0.4 is 0 Å². The van der Waals surface area contributed by atoms with Crippen molar-refractivity contribution in [3.05, 3.63) is 17.8 Å². The normalized spacial score (nSPS) is 12.0. The van der Waals surface area contributed by atoms with Gasteiger partial charge >= 0.3 is 12.1 Å². The molecule has 0 bridgehead atoms. The third-order valence-electron chi connectivity index (χ3n) is 2.64. The molecule has 0 saturated heterocycles. The number of nitrogens with zero attached hydrogens (tertiary/aromatic N) is 3. The molecule has 0 saturated carbocycles. The number of rotatable bonds is 5. The Morgan fingerprint density at radius 1 is 1.38 bits per heavy atom. The lowest BCUT2D eigenvalue weighted by atomic mass is 10.3. The van der Waals surface area contributed by atoms with Gasteiger partial charge in [-0.25, -0.2) is 9.97 Å². The zero-order valence-corrected chi connectivity index (χ0v) is 11.8. The Morgan fingerprint density at radius 2 is 2.10 bits per heavy atom. The van der Waals surface area contributed by atoms with Gasteiger partial charge in [0.25, 0.3) is 0 Å². The fourth-order valence-corrected chi connectivity index (χ4v) is 2.50. The average molecular weight is 319 g/mol. The molecule has 2 aromatic rings. The van der Waals surface area contributed by atoms with Crippen LogP contribution in [0.25, 0.3) is 11.2 Å². The number of aromatic nitrogens is 3. The smallest absolute Gasteiger partial charge is 0.390 e. The number of aliphatic carboxylic acids is 1. The molecule has 21 heavy (non-hydrogen) atoms. The van der Waals surface area contributed by atoms with Gasteiger partial charge in [-0.3, -0.25) is 4.79 Å². The molecule has 0 radical (unpaired) electrons. The van der Waals surface area contributed by atoms with E-state index in [9.17, 15) is 18.0 Å². The summed E-state index contributed by atoms with van der Waals surface area (Å²) < 4.78 is 38.6. The SMILES string of the molecule is Cc1ccc2nc(SCC(=O)O)n(CCC(F)(F)F)c2n1. The number of aryl methyl sites for hydroxylation is 2. The highest BCUT2D eigenvalue weighted by atomic mass is 32.2. The Labute approximate surface area is 122 Å². The predicted molar refractivity (Wildman–Crippen MR) is 71.3 cm³/mol. The van der Waals surface area contributed by atoms with Crippen molar-refractivity contribution < 1.29 is 23.1 Å². The maximum Gasteiger partial charge on any atom is 0.390 e. The fourth-order valence-electron chi connectivity index (χ4n) is 1.75. The Balaban J connectivity index is 2.38. The second-order valence-electron chi connectivity index (χ2n) is 4.39. The summed E-state index contributed by atoms with van der Waals surface area (Å²) in [6, 6.07) is 3.36. The van der Waals surface area contributed by atoms with Crippen LogP contribution in [0.3, 0.4) is 0 Å². The Kier molecular flexibility index (Phi) is 4.40. The molecule has 2 rings (SSSR count). The highest BCUT2D eigenvalue weighted by Gasteiger charge is 2.28. The van der Waals surface area contributed by atoms with Crippen molar-refractivity contribution in [1.29, 1.82) is 0 Å². The molecule has 2 aromatic heterocycles. The summed E-state index contributed by atoms with van der Waals surface area (Å²) in [6.45, 7) is 1.39. The minimum Gasteiger partial charge on any atom is -0.481 e. The zero-order valence-electron chi connectivity index (χ0n) is 11.0. The third kappa shape index (κ3) is 4.10. The van der Waals surface area contributed by atoms with Gasteiger partial charge in [0.2, 0.25) is 0 Å². The minimum atomic E-state index is -4.30. The van der Waals surface area contributed by atoms with E-state index in [0.29, 0.717) is 16.9 Å². The van der Waals surface area contributed by atoms with E-state index in [0.717, 1.165) is 11.8 Å². The quantitative estimate of drug-likeness (QED) is 0.858. The summed E-state index contributed by atoms with van der Waals surface area (Å²) in [4.78, 5) is 19.0. The molecule has 2 heterocycles. The van der Waals surface area contributed by atoms with Gasteiger partial charge in [0.1, 0.15) is 5.52 Å². The van der Waals surface area contributed by atoms with Gasteiger partial charge in [-0.1, -0.05) is 11.8 Å². The third-order valence-corrected chi connectivity index (χ3v) is 3.60. The Bertz CT molecular complexity index is 670. The van der Waals surface area contributed by atoms with Gasteiger partial charge in [-0.15, -0.1) is 0 Å². The number of hydrogen-bond donors (Lipinski definition) is 1. The van der Waals surface area contributed by atoms with E-state index >= 15 is 0 Å². The number of hydrogen-bond acceptors (Lipinski definition) is 4. The number of pyridine rings is 1. The largest absolute Gasteiger partial charge is 0.481 e. The monoisotopic (exact) mass is 319 g/mol. The van der Waals surface area contributed by atoms with E-state index in [-0.39, 0.29) is 17.5 Å². The number of carboxylic acid groups (broad SMARTS) is 1. The molecule has 0 fully saturated rings. The van der Waals surface area contributed by atoms with Crippen LogP contribution in [0.1, 0.15) is 12.1 Å². The van der Waals surface area contributed by atoms with Crippen LogP contribution in [0.15, 0.2) is 17.3 Å². The molecular formula is C12H12F3N3O2S. The van der Waals surface area contributed by atoms with Crippen LogP contribution in [0.4, 0.5) is 13.2 Å². The Morgan fingerprint density at radius 3 is 2.71 bits per heavy atom. The molecule has 0 aliphatic rings. The summed E-state index contributed by atoms with van der Waals surface area (Å²) in [6.07, 6.45) is -5.32. The number of carboxylic acids is 1. The van der Waals surface area contributed by atoms with E-state index in [4.69, 9.17) is 5.11 Å². The molecule has 1 N–H and O–H groups in total. The molecule has 0 atom stereocenters. The van der Waals surface area contributed by atoms with Crippen LogP contribution in [0.5, 0.6) is 0 Å². The van der Waals surface area contributed by atoms with Gasteiger partial charge in [0, 0.05) is 12.2 Å². The number of fused-ring (bicyclic) bond motifs is 1. The maximum atomic E-state index is 12.4. The lowest BCUT2D eigenvalue weighted by Crippen LogP contribution is -2.13. The summed E-state index contributed by atoms with van der Waals surface area (Å²) in [5, 5.41) is 8.92. The van der Waals surface area contributed by atoms with E-state index < -0.39 is 18.6 Å². The van der Waals surface area contributed by atoms with Gasteiger partial charge in [-0.05, 0) is 19.1 Å². The highest BCUT2D eigenvalue weighted by molar-refractivity contribution is 7.99. The number of carbonyl (C=O) groups is 1. The molecular weight excluding hydrogens is 307 g/mol. The number of alkyl halides is 3. The van der Waals surface area contributed by atoms with Gasteiger partial charge in [0.05, 0.1) is 12.2 Å². The van der Waals surface area contributed by atoms with E-state index in [1.54, 1.807) is 19.1 Å². The Hall–Kier alpha value is -1.77. The first-order chi connectivity index (χ1) is 9.76. The van der Waals surface area contributed by atoms with E-state index in [2.05, 4.69) is 9.97 Å².